The Labute approximate surface area is 117 Å². The van der Waals surface area contributed by atoms with E-state index < -0.39 is 0 Å². The third kappa shape index (κ3) is 3.25. The molecule has 0 radical (unpaired) electrons. The van der Waals surface area contributed by atoms with Crippen molar-refractivity contribution in [3.05, 3.63) is 28.2 Å². The number of rotatable bonds is 3. The average Bonchev–Trinajstić information content (AvgIpc) is 2.30. The summed E-state index contributed by atoms with van der Waals surface area (Å²) in [6.07, 6.45) is 1.47. The van der Waals surface area contributed by atoms with Gasteiger partial charge in [0.15, 0.2) is 0 Å². The standard InChI is InChI=1S/C14H21BrN2O/c1-10-8-17(9-11(2)18-10)14-7-13(15)4-3-12(14)5-6-16/h3-4,7,10-11H,5-6,8-9,16H2,1-2H3. The third-order valence-corrected chi connectivity index (χ3v) is 3.71. The topological polar surface area (TPSA) is 38.5 Å². The summed E-state index contributed by atoms with van der Waals surface area (Å²) in [6.45, 7) is 6.83. The van der Waals surface area contributed by atoms with Crippen LogP contribution in [0.25, 0.3) is 0 Å². The number of anilines is 1. The predicted octanol–water partition coefficient (Wildman–Crippen LogP) is 2.56. The molecule has 0 saturated carbocycles. The SMILES string of the molecule is CC1CN(c2cc(Br)ccc2CCN)CC(C)O1. The van der Waals surface area contributed by atoms with Crippen LogP contribution < -0.4 is 10.6 Å². The summed E-state index contributed by atoms with van der Waals surface area (Å²) in [5.74, 6) is 0. The van der Waals surface area contributed by atoms with Crippen LogP contribution in [0.4, 0.5) is 5.69 Å². The fourth-order valence-corrected chi connectivity index (χ4v) is 2.92. The summed E-state index contributed by atoms with van der Waals surface area (Å²) >= 11 is 3.56. The van der Waals surface area contributed by atoms with Crippen LogP contribution >= 0.6 is 15.9 Å². The quantitative estimate of drug-likeness (QED) is 0.932. The Hall–Kier alpha value is -0.580. The van der Waals surface area contributed by atoms with Crippen molar-refractivity contribution in [3.8, 4) is 0 Å². The Balaban J connectivity index is 2.27. The van der Waals surface area contributed by atoms with Gasteiger partial charge in [0, 0.05) is 23.2 Å². The molecule has 1 aromatic rings. The van der Waals surface area contributed by atoms with Gasteiger partial charge in [0.05, 0.1) is 12.2 Å². The molecule has 100 valence electrons. The van der Waals surface area contributed by atoms with Crippen molar-refractivity contribution < 1.29 is 4.74 Å². The number of nitrogens with two attached hydrogens (primary N) is 1. The van der Waals surface area contributed by atoms with Crippen LogP contribution in [-0.4, -0.2) is 31.8 Å². The molecule has 0 bridgehead atoms. The zero-order valence-electron chi connectivity index (χ0n) is 11.0. The number of benzene rings is 1. The molecule has 1 saturated heterocycles. The van der Waals surface area contributed by atoms with Gasteiger partial charge in [-0.2, -0.15) is 0 Å². The van der Waals surface area contributed by atoms with E-state index in [1.54, 1.807) is 0 Å². The van der Waals surface area contributed by atoms with Crippen LogP contribution in [0.3, 0.4) is 0 Å². The van der Waals surface area contributed by atoms with Crippen LogP contribution in [0.5, 0.6) is 0 Å². The molecule has 3 nitrogen and oxygen atoms in total. The van der Waals surface area contributed by atoms with Gasteiger partial charge in [0.25, 0.3) is 0 Å². The minimum absolute atomic E-state index is 0.276. The van der Waals surface area contributed by atoms with Gasteiger partial charge in [-0.1, -0.05) is 22.0 Å². The molecule has 0 aromatic heterocycles. The first kappa shape index (κ1) is 13.8. The summed E-state index contributed by atoms with van der Waals surface area (Å²) in [5, 5.41) is 0. The fourth-order valence-electron chi connectivity index (χ4n) is 2.57. The highest BCUT2D eigenvalue weighted by Gasteiger charge is 2.23. The van der Waals surface area contributed by atoms with Crippen molar-refractivity contribution in [2.75, 3.05) is 24.5 Å². The molecular formula is C14H21BrN2O. The van der Waals surface area contributed by atoms with E-state index in [1.807, 2.05) is 0 Å². The van der Waals surface area contributed by atoms with Crippen molar-refractivity contribution >= 4 is 21.6 Å². The Morgan fingerprint density at radius 2 is 2.00 bits per heavy atom. The van der Waals surface area contributed by atoms with Gasteiger partial charge >= 0.3 is 0 Å². The van der Waals surface area contributed by atoms with Gasteiger partial charge in [0.1, 0.15) is 0 Å². The monoisotopic (exact) mass is 312 g/mol. The van der Waals surface area contributed by atoms with Crippen LogP contribution in [0.1, 0.15) is 19.4 Å². The molecule has 1 heterocycles. The molecule has 2 unspecified atom stereocenters. The fraction of sp³-hybridized carbons (Fsp3) is 0.571. The maximum absolute atomic E-state index is 5.79. The van der Waals surface area contributed by atoms with Crippen LogP contribution in [0.2, 0.25) is 0 Å². The highest BCUT2D eigenvalue weighted by Crippen LogP contribution is 2.28. The molecule has 0 spiro atoms. The van der Waals surface area contributed by atoms with Gasteiger partial charge in [-0.15, -0.1) is 0 Å². The molecule has 18 heavy (non-hydrogen) atoms. The average molecular weight is 313 g/mol. The minimum Gasteiger partial charge on any atom is -0.372 e. The molecule has 1 fully saturated rings. The van der Waals surface area contributed by atoms with Crippen molar-refractivity contribution in [1.29, 1.82) is 0 Å². The van der Waals surface area contributed by atoms with E-state index in [2.05, 4.69) is 52.9 Å². The highest BCUT2D eigenvalue weighted by molar-refractivity contribution is 9.10. The summed E-state index contributed by atoms with van der Waals surface area (Å²) in [7, 11) is 0. The van der Waals surface area contributed by atoms with E-state index in [0.717, 1.165) is 24.0 Å². The Bertz CT molecular complexity index is 401. The lowest BCUT2D eigenvalue weighted by Crippen LogP contribution is -2.45. The van der Waals surface area contributed by atoms with Gasteiger partial charge in [0.2, 0.25) is 0 Å². The Morgan fingerprint density at radius 3 is 2.61 bits per heavy atom. The normalized spacial score (nSPS) is 24.3. The summed E-state index contributed by atoms with van der Waals surface area (Å²) in [6, 6.07) is 6.44. The first-order valence-electron chi connectivity index (χ1n) is 6.49. The molecule has 1 aliphatic rings. The van der Waals surface area contributed by atoms with Crippen LogP contribution in [-0.2, 0) is 11.2 Å². The number of halogens is 1. The van der Waals surface area contributed by atoms with E-state index >= 15 is 0 Å². The van der Waals surface area contributed by atoms with Gasteiger partial charge in [-0.05, 0) is 44.5 Å². The molecule has 2 atom stereocenters. The minimum atomic E-state index is 0.276. The lowest BCUT2D eigenvalue weighted by molar-refractivity contribution is -0.00526. The predicted molar refractivity (Wildman–Crippen MR) is 79.1 cm³/mol. The molecule has 0 amide bonds. The van der Waals surface area contributed by atoms with Gasteiger partial charge < -0.3 is 15.4 Å². The first-order valence-corrected chi connectivity index (χ1v) is 7.28. The first-order chi connectivity index (χ1) is 8.60. The molecular weight excluding hydrogens is 292 g/mol. The number of hydrogen-bond acceptors (Lipinski definition) is 3. The summed E-state index contributed by atoms with van der Waals surface area (Å²) in [5.41, 5.74) is 8.31. The van der Waals surface area contributed by atoms with Gasteiger partial charge in [-0.3, -0.25) is 0 Å². The van der Waals surface area contributed by atoms with E-state index in [1.165, 1.54) is 11.3 Å². The van der Waals surface area contributed by atoms with Crippen molar-refractivity contribution in [2.24, 2.45) is 5.73 Å². The Morgan fingerprint density at radius 1 is 1.33 bits per heavy atom. The second-order valence-electron chi connectivity index (χ2n) is 4.97. The molecule has 1 aliphatic heterocycles. The zero-order chi connectivity index (χ0) is 13.1. The van der Waals surface area contributed by atoms with Crippen LogP contribution in [0, 0.1) is 0 Å². The smallest absolute Gasteiger partial charge is 0.0726 e. The molecule has 0 aliphatic carbocycles. The van der Waals surface area contributed by atoms with Gasteiger partial charge in [-0.25, -0.2) is 0 Å². The zero-order valence-corrected chi connectivity index (χ0v) is 12.6. The Kier molecular flexibility index (Phi) is 4.65. The summed E-state index contributed by atoms with van der Waals surface area (Å²) < 4.78 is 6.91. The second-order valence-corrected chi connectivity index (χ2v) is 5.89. The van der Waals surface area contributed by atoms with E-state index in [-0.39, 0.29) is 12.2 Å². The number of nitrogens with zero attached hydrogens (tertiary/aromatic N) is 1. The highest BCUT2D eigenvalue weighted by atomic mass is 79.9. The molecule has 2 N–H and O–H groups in total. The van der Waals surface area contributed by atoms with E-state index in [4.69, 9.17) is 10.5 Å². The van der Waals surface area contributed by atoms with Crippen LogP contribution in [0.15, 0.2) is 22.7 Å². The second kappa shape index (κ2) is 6.04. The summed E-state index contributed by atoms with van der Waals surface area (Å²) in [4.78, 5) is 2.41. The van der Waals surface area contributed by atoms with Crippen molar-refractivity contribution in [2.45, 2.75) is 32.5 Å². The molecule has 2 rings (SSSR count). The largest absolute Gasteiger partial charge is 0.372 e. The lowest BCUT2D eigenvalue weighted by atomic mass is 10.1. The van der Waals surface area contributed by atoms with E-state index in [0.29, 0.717) is 6.54 Å². The number of morpholine rings is 1. The maximum atomic E-state index is 5.79. The maximum Gasteiger partial charge on any atom is 0.0726 e. The third-order valence-electron chi connectivity index (χ3n) is 3.22. The number of hydrogen-bond donors (Lipinski definition) is 1. The number of ether oxygens (including phenoxy) is 1. The van der Waals surface area contributed by atoms with Crippen molar-refractivity contribution in [1.82, 2.24) is 0 Å². The van der Waals surface area contributed by atoms with E-state index in [9.17, 15) is 0 Å². The lowest BCUT2D eigenvalue weighted by Gasteiger charge is -2.38. The van der Waals surface area contributed by atoms with Crippen molar-refractivity contribution in [3.63, 3.8) is 0 Å². The molecule has 1 aromatic carbocycles. The molecule has 4 heteroatoms.